The van der Waals surface area contributed by atoms with Gasteiger partial charge >= 0.3 is 11.9 Å². The van der Waals surface area contributed by atoms with Crippen LogP contribution in [0.4, 0.5) is 10.7 Å². The Morgan fingerprint density at radius 2 is 1.72 bits per heavy atom. The van der Waals surface area contributed by atoms with Crippen molar-refractivity contribution in [1.29, 1.82) is 0 Å². The number of nitrogens with zero attached hydrogens (tertiary/aromatic N) is 1. The van der Waals surface area contributed by atoms with Gasteiger partial charge in [-0.15, -0.1) is 11.3 Å². The molecule has 0 fully saturated rings. The van der Waals surface area contributed by atoms with Gasteiger partial charge in [-0.2, -0.15) is 0 Å². The molecule has 0 radical (unpaired) electrons. The fourth-order valence-electron chi connectivity index (χ4n) is 2.65. The zero-order valence-corrected chi connectivity index (χ0v) is 19.1. The number of non-ortho nitro benzene ring substituents is 1. The first-order valence-electron chi connectivity index (χ1n) is 9.78. The van der Waals surface area contributed by atoms with E-state index in [1.54, 1.807) is 40.7 Å². The van der Waals surface area contributed by atoms with E-state index in [4.69, 9.17) is 9.47 Å². The average molecular weight is 461 g/mol. The van der Waals surface area contributed by atoms with Crippen molar-refractivity contribution in [3.63, 3.8) is 0 Å². The van der Waals surface area contributed by atoms with Crippen molar-refractivity contribution in [2.24, 2.45) is 0 Å². The van der Waals surface area contributed by atoms with Gasteiger partial charge in [0, 0.05) is 18.2 Å². The van der Waals surface area contributed by atoms with E-state index >= 15 is 0 Å². The van der Waals surface area contributed by atoms with Gasteiger partial charge in [0.25, 0.3) is 5.69 Å². The van der Waals surface area contributed by atoms with Gasteiger partial charge in [0.15, 0.2) is 0 Å². The Bertz CT molecular complexity index is 1070. The molecular weight excluding hydrogens is 436 g/mol. The minimum atomic E-state index is -0.671. The number of hydrogen-bond acceptors (Lipinski definition) is 8. The maximum atomic E-state index is 12.6. The van der Waals surface area contributed by atoms with E-state index in [1.165, 1.54) is 30.4 Å². The van der Waals surface area contributed by atoms with E-state index in [-0.39, 0.29) is 27.2 Å². The van der Waals surface area contributed by atoms with Crippen molar-refractivity contribution in [1.82, 2.24) is 0 Å². The summed E-state index contributed by atoms with van der Waals surface area (Å²) in [5, 5.41) is 13.6. The van der Waals surface area contributed by atoms with Gasteiger partial charge in [0.1, 0.15) is 9.88 Å². The molecule has 170 valence electrons. The Labute approximate surface area is 189 Å². The fraction of sp³-hybridized carbons (Fsp3) is 0.318. The lowest BCUT2D eigenvalue weighted by atomic mass is 10.1. The number of thiophene rings is 1. The highest BCUT2D eigenvalue weighted by atomic mass is 32.1. The number of hydrogen-bond donors (Lipinski definition) is 1. The Balaban J connectivity index is 2.33. The van der Waals surface area contributed by atoms with E-state index in [2.05, 4.69) is 5.32 Å². The van der Waals surface area contributed by atoms with Crippen LogP contribution in [0.25, 0.3) is 6.08 Å². The fourth-order valence-corrected chi connectivity index (χ4v) is 3.73. The zero-order chi connectivity index (χ0) is 24.0. The topological polar surface area (TPSA) is 125 Å². The summed E-state index contributed by atoms with van der Waals surface area (Å²) in [6, 6.07) is 5.78. The second-order valence-electron chi connectivity index (χ2n) is 7.34. The van der Waals surface area contributed by atoms with Crippen LogP contribution in [0.15, 0.2) is 30.3 Å². The molecule has 1 aromatic heterocycles. The normalized spacial score (nSPS) is 11.1. The SMILES string of the molecule is Cc1c(C(=O)OC(C)C)sc(NC(=O)/C=C/c2cccc([N+](=O)[O-])c2)c1C(=O)OC(C)C. The van der Waals surface area contributed by atoms with Crippen LogP contribution in [0, 0.1) is 17.0 Å². The average Bonchev–Trinajstić information content (AvgIpc) is 3.01. The molecule has 1 amide bonds. The molecule has 0 aliphatic rings. The lowest BCUT2D eigenvalue weighted by Crippen LogP contribution is -2.16. The molecule has 1 N–H and O–H groups in total. The first-order valence-corrected chi connectivity index (χ1v) is 10.6. The summed E-state index contributed by atoms with van der Waals surface area (Å²) in [7, 11) is 0. The molecule has 0 aliphatic heterocycles. The number of esters is 2. The third-order valence-electron chi connectivity index (χ3n) is 3.97. The maximum Gasteiger partial charge on any atom is 0.348 e. The molecule has 0 aliphatic carbocycles. The molecule has 0 bridgehead atoms. The number of carbonyl (C=O) groups is 3. The molecule has 0 unspecified atom stereocenters. The summed E-state index contributed by atoms with van der Waals surface area (Å²) in [5.74, 6) is -1.86. The number of nitro groups is 1. The van der Waals surface area contributed by atoms with Crippen LogP contribution < -0.4 is 5.32 Å². The van der Waals surface area contributed by atoms with Gasteiger partial charge in [-0.05, 0) is 51.8 Å². The van der Waals surface area contributed by atoms with Crippen molar-refractivity contribution in [3.05, 3.63) is 62.0 Å². The second kappa shape index (κ2) is 10.7. The summed E-state index contributed by atoms with van der Waals surface area (Å²) < 4.78 is 10.5. The third-order valence-corrected chi connectivity index (χ3v) is 5.15. The molecule has 9 nitrogen and oxygen atoms in total. The Hall–Kier alpha value is -3.53. The van der Waals surface area contributed by atoms with Crippen molar-refractivity contribution >= 4 is 45.9 Å². The molecule has 10 heteroatoms. The van der Waals surface area contributed by atoms with Crippen LogP contribution in [-0.4, -0.2) is 35.0 Å². The number of ether oxygens (including phenoxy) is 2. The van der Waals surface area contributed by atoms with Gasteiger partial charge in [0.2, 0.25) is 5.91 Å². The lowest BCUT2D eigenvalue weighted by molar-refractivity contribution is -0.384. The highest BCUT2D eigenvalue weighted by Crippen LogP contribution is 2.34. The summed E-state index contributed by atoms with van der Waals surface area (Å²) in [6.45, 7) is 8.37. The number of nitrogens with one attached hydrogen (secondary N) is 1. The van der Waals surface area contributed by atoms with Gasteiger partial charge in [-0.1, -0.05) is 12.1 Å². The number of carbonyl (C=O) groups excluding carboxylic acids is 3. The van der Waals surface area contributed by atoms with E-state index < -0.39 is 28.9 Å². The van der Waals surface area contributed by atoms with E-state index in [1.807, 2.05) is 0 Å². The minimum Gasteiger partial charge on any atom is -0.459 e. The van der Waals surface area contributed by atoms with Crippen molar-refractivity contribution in [2.75, 3.05) is 5.32 Å². The van der Waals surface area contributed by atoms with Crippen molar-refractivity contribution in [2.45, 2.75) is 46.8 Å². The smallest absolute Gasteiger partial charge is 0.348 e. The van der Waals surface area contributed by atoms with Gasteiger partial charge in [0.05, 0.1) is 22.7 Å². The number of anilines is 1. The molecule has 1 heterocycles. The first kappa shape index (κ1) is 24.7. The lowest BCUT2D eigenvalue weighted by Gasteiger charge is -2.10. The molecule has 0 saturated heterocycles. The molecule has 0 saturated carbocycles. The molecule has 0 atom stereocenters. The summed E-state index contributed by atoms with van der Waals surface area (Å²) in [4.78, 5) is 48.1. The second-order valence-corrected chi connectivity index (χ2v) is 8.36. The van der Waals surface area contributed by atoms with Gasteiger partial charge < -0.3 is 14.8 Å². The summed E-state index contributed by atoms with van der Waals surface area (Å²) >= 11 is 0.917. The highest BCUT2D eigenvalue weighted by Gasteiger charge is 2.28. The van der Waals surface area contributed by atoms with Crippen LogP contribution in [0.5, 0.6) is 0 Å². The van der Waals surface area contributed by atoms with E-state index in [9.17, 15) is 24.5 Å². The molecule has 0 spiro atoms. The van der Waals surface area contributed by atoms with Crippen LogP contribution in [0.2, 0.25) is 0 Å². The number of benzene rings is 1. The Morgan fingerprint density at radius 3 is 2.31 bits per heavy atom. The number of rotatable bonds is 8. The third kappa shape index (κ3) is 6.48. The quantitative estimate of drug-likeness (QED) is 0.261. The molecule has 2 rings (SSSR count). The Morgan fingerprint density at radius 1 is 1.09 bits per heavy atom. The molecule has 1 aromatic carbocycles. The van der Waals surface area contributed by atoms with E-state index in [0.29, 0.717) is 11.1 Å². The number of nitro benzene ring substituents is 1. The van der Waals surface area contributed by atoms with Crippen molar-refractivity contribution in [3.8, 4) is 0 Å². The predicted octanol–water partition coefficient (Wildman–Crippen LogP) is 4.75. The largest absolute Gasteiger partial charge is 0.459 e. The highest BCUT2D eigenvalue weighted by molar-refractivity contribution is 7.18. The molecular formula is C22H24N2O7S. The maximum absolute atomic E-state index is 12.6. The minimum absolute atomic E-state index is 0.0801. The van der Waals surface area contributed by atoms with Crippen LogP contribution in [-0.2, 0) is 14.3 Å². The van der Waals surface area contributed by atoms with E-state index in [0.717, 1.165) is 11.3 Å². The number of amides is 1. The summed E-state index contributed by atoms with van der Waals surface area (Å²) in [6.07, 6.45) is 1.83. The van der Waals surface area contributed by atoms with Gasteiger partial charge in [-0.25, -0.2) is 9.59 Å². The van der Waals surface area contributed by atoms with Crippen LogP contribution in [0.3, 0.4) is 0 Å². The van der Waals surface area contributed by atoms with Gasteiger partial charge in [-0.3, -0.25) is 14.9 Å². The Kier molecular flexibility index (Phi) is 8.25. The zero-order valence-electron chi connectivity index (χ0n) is 18.3. The predicted molar refractivity (Wildman–Crippen MR) is 121 cm³/mol. The van der Waals surface area contributed by atoms with Crippen molar-refractivity contribution < 1.29 is 28.8 Å². The monoisotopic (exact) mass is 460 g/mol. The summed E-state index contributed by atoms with van der Waals surface area (Å²) in [5.41, 5.74) is 0.784. The van der Waals surface area contributed by atoms with Crippen LogP contribution >= 0.6 is 11.3 Å². The standard InChI is InChI=1S/C22H24N2O7S/c1-12(2)30-21(26)18-14(5)19(22(27)31-13(3)4)32-20(18)23-17(25)10-9-15-7-6-8-16(11-15)24(28)29/h6-13H,1-5H3,(H,23,25)/b10-9+. The first-order chi connectivity index (χ1) is 15.0. The van der Waals surface area contributed by atoms with Crippen LogP contribution in [0.1, 0.15) is 58.9 Å². The molecule has 2 aromatic rings. The molecule has 32 heavy (non-hydrogen) atoms.